The zero-order valence-corrected chi connectivity index (χ0v) is 17.8. The van der Waals surface area contributed by atoms with Crippen LogP contribution in [-0.2, 0) is 22.5 Å². The van der Waals surface area contributed by atoms with E-state index >= 15 is 0 Å². The van der Waals surface area contributed by atoms with E-state index in [1.54, 1.807) is 36.4 Å². The number of nitrogens with zero attached hydrogens (tertiary/aromatic N) is 2. The van der Waals surface area contributed by atoms with Gasteiger partial charge in [-0.25, -0.2) is 13.4 Å². The van der Waals surface area contributed by atoms with E-state index in [4.69, 9.17) is 9.84 Å². The Morgan fingerprint density at radius 3 is 2.72 bits per heavy atom. The fourth-order valence-electron chi connectivity index (χ4n) is 4.02. The van der Waals surface area contributed by atoms with Crippen molar-refractivity contribution in [3.63, 3.8) is 0 Å². The molecule has 0 saturated carbocycles. The van der Waals surface area contributed by atoms with E-state index in [0.29, 0.717) is 35.5 Å². The lowest BCUT2D eigenvalue weighted by Crippen LogP contribution is -2.33. The maximum absolute atomic E-state index is 13.5. The number of anilines is 1. The van der Waals surface area contributed by atoms with Crippen molar-refractivity contribution in [1.82, 2.24) is 4.98 Å². The van der Waals surface area contributed by atoms with E-state index in [9.17, 15) is 17.9 Å². The van der Waals surface area contributed by atoms with Crippen LogP contribution in [0.15, 0.2) is 60.8 Å². The third kappa shape index (κ3) is 4.63. The number of aromatic nitrogens is 1. The highest BCUT2D eigenvalue weighted by Crippen LogP contribution is 2.41. The van der Waals surface area contributed by atoms with Gasteiger partial charge in [0.1, 0.15) is 11.6 Å². The van der Waals surface area contributed by atoms with Crippen LogP contribution in [0.5, 0.6) is 5.75 Å². The van der Waals surface area contributed by atoms with Gasteiger partial charge in [-0.3, -0.25) is 13.8 Å². The molecule has 0 bridgehead atoms. The summed E-state index contributed by atoms with van der Waals surface area (Å²) in [6.45, 7) is -0.456. The van der Waals surface area contributed by atoms with Gasteiger partial charge in [-0.1, -0.05) is 24.3 Å². The molecule has 1 heterocycles. The van der Waals surface area contributed by atoms with Crippen molar-refractivity contribution in [2.75, 3.05) is 10.9 Å². The smallest absolute Gasteiger partial charge is 0.341 e. The van der Waals surface area contributed by atoms with Crippen LogP contribution in [-0.4, -0.2) is 31.4 Å². The zero-order valence-electron chi connectivity index (χ0n) is 17.0. The Balaban J connectivity index is 1.67. The van der Waals surface area contributed by atoms with Gasteiger partial charge < -0.3 is 9.84 Å². The van der Waals surface area contributed by atoms with Gasteiger partial charge in [0.05, 0.1) is 23.6 Å². The average molecular weight is 456 g/mol. The molecule has 2 aromatic carbocycles. The SMILES string of the molecule is O=C(O)COc1cccc2c1CCCC2N(c1ccc(-c2cccc(F)c2)nc1)S(=O)O. The molecule has 2 N–H and O–H groups in total. The molecule has 7 nitrogen and oxygen atoms in total. The number of carbonyl (C=O) groups is 1. The summed E-state index contributed by atoms with van der Waals surface area (Å²) in [6, 6.07) is 14.3. The number of benzene rings is 2. The highest BCUT2D eigenvalue weighted by Gasteiger charge is 2.31. The summed E-state index contributed by atoms with van der Waals surface area (Å²) in [6.07, 6.45) is 3.55. The predicted octanol–water partition coefficient (Wildman–Crippen LogP) is 4.37. The van der Waals surface area contributed by atoms with Crippen LogP contribution in [0.3, 0.4) is 0 Å². The maximum Gasteiger partial charge on any atom is 0.341 e. The Hall–Kier alpha value is -3.30. The van der Waals surface area contributed by atoms with Crippen molar-refractivity contribution < 1.29 is 27.8 Å². The molecular formula is C23H21FN2O5S. The summed E-state index contributed by atoms with van der Waals surface area (Å²) < 4.78 is 42.8. The molecule has 1 aliphatic rings. The van der Waals surface area contributed by atoms with Crippen LogP contribution in [0.4, 0.5) is 10.1 Å². The molecule has 3 aromatic rings. The summed E-state index contributed by atoms with van der Waals surface area (Å²) in [5.41, 5.74) is 3.25. The van der Waals surface area contributed by atoms with Crippen molar-refractivity contribution in [3.8, 4) is 17.0 Å². The minimum Gasteiger partial charge on any atom is -0.482 e. The lowest BCUT2D eigenvalue weighted by molar-refractivity contribution is -0.139. The minimum atomic E-state index is -2.33. The Kier molecular flexibility index (Phi) is 6.48. The number of halogens is 1. The third-order valence-electron chi connectivity index (χ3n) is 5.36. The number of rotatable bonds is 7. The molecule has 4 rings (SSSR count). The molecule has 2 atom stereocenters. The third-order valence-corrected chi connectivity index (χ3v) is 6.16. The molecule has 1 aromatic heterocycles. The molecule has 32 heavy (non-hydrogen) atoms. The van der Waals surface area contributed by atoms with Crippen LogP contribution >= 0.6 is 0 Å². The van der Waals surface area contributed by atoms with Crippen molar-refractivity contribution >= 4 is 22.9 Å². The van der Waals surface area contributed by atoms with E-state index in [2.05, 4.69) is 4.98 Å². The van der Waals surface area contributed by atoms with Gasteiger partial charge in [0.15, 0.2) is 6.61 Å². The topological polar surface area (TPSA) is 100.0 Å². The quantitative estimate of drug-likeness (QED) is 0.512. The minimum absolute atomic E-state index is 0.369. The number of hydrogen-bond acceptors (Lipinski definition) is 4. The number of fused-ring (bicyclic) bond motifs is 1. The summed E-state index contributed by atoms with van der Waals surface area (Å²) in [7, 11) is 0. The van der Waals surface area contributed by atoms with E-state index in [0.717, 1.165) is 17.5 Å². The van der Waals surface area contributed by atoms with Crippen molar-refractivity contribution in [3.05, 3.63) is 77.7 Å². The predicted molar refractivity (Wildman–Crippen MR) is 118 cm³/mol. The Morgan fingerprint density at radius 1 is 1.22 bits per heavy atom. The molecule has 0 saturated heterocycles. The first kappa shape index (κ1) is 21.9. The average Bonchev–Trinajstić information content (AvgIpc) is 2.78. The van der Waals surface area contributed by atoms with E-state index in [-0.39, 0.29) is 5.82 Å². The molecule has 166 valence electrons. The highest BCUT2D eigenvalue weighted by atomic mass is 32.2. The molecule has 2 unspecified atom stereocenters. The first-order valence-corrected chi connectivity index (χ1v) is 11.1. The van der Waals surface area contributed by atoms with E-state index in [1.807, 2.05) is 6.07 Å². The molecule has 9 heteroatoms. The number of carboxylic acid groups (broad SMARTS) is 1. The summed E-state index contributed by atoms with van der Waals surface area (Å²) in [5, 5.41) is 8.93. The zero-order chi connectivity index (χ0) is 22.7. The molecule has 0 aliphatic heterocycles. The molecule has 0 radical (unpaired) electrons. The summed E-state index contributed by atoms with van der Waals surface area (Å²) in [5.74, 6) is -0.971. The molecule has 0 fully saturated rings. The van der Waals surface area contributed by atoms with Crippen molar-refractivity contribution in [1.29, 1.82) is 0 Å². The first-order chi connectivity index (χ1) is 15.4. The van der Waals surface area contributed by atoms with Gasteiger partial charge in [-0.2, -0.15) is 0 Å². The van der Waals surface area contributed by atoms with Gasteiger partial charge in [-0.15, -0.1) is 0 Å². The monoisotopic (exact) mass is 456 g/mol. The van der Waals surface area contributed by atoms with Crippen molar-refractivity contribution in [2.24, 2.45) is 0 Å². The number of pyridine rings is 1. The number of aliphatic carboxylic acids is 1. The lowest BCUT2D eigenvalue weighted by atomic mass is 9.87. The van der Waals surface area contributed by atoms with E-state index < -0.39 is 29.9 Å². The second kappa shape index (κ2) is 9.46. The Bertz CT molecular complexity index is 1160. The van der Waals surface area contributed by atoms with Crippen LogP contribution in [0, 0.1) is 5.82 Å². The highest BCUT2D eigenvalue weighted by molar-refractivity contribution is 7.80. The fourth-order valence-corrected chi connectivity index (χ4v) is 4.75. The summed E-state index contributed by atoms with van der Waals surface area (Å²) >= 11 is -2.33. The number of carboxylic acids is 1. The van der Waals surface area contributed by atoms with Gasteiger partial charge in [0.25, 0.3) is 11.3 Å². The Morgan fingerprint density at radius 2 is 2.03 bits per heavy atom. The fraction of sp³-hybridized carbons (Fsp3) is 0.217. The maximum atomic E-state index is 13.5. The standard InChI is InChI=1S/C23H21FN2O5S/c24-16-5-1-4-15(12-16)20-11-10-17(13-25-20)26(32(29)30)21-8-2-7-19-18(21)6-3-9-22(19)31-14-23(27)28/h1,3-6,9-13,21H,2,7-8,14H2,(H,27,28)(H,29,30). The number of hydrogen-bond donors (Lipinski definition) is 2. The normalized spacial score (nSPS) is 16.1. The van der Waals surface area contributed by atoms with Gasteiger partial charge in [0, 0.05) is 5.56 Å². The van der Waals surface area contributed by atoms with Gasteiger partial charge in [-0.05, 0) is 60.7 Å². The van der Waals surface area contributed by atoms with Crippen LogP contribution in [0.1, 0.15) is 30.0 Å². The van der Waals surface area contributed by atoms with Crippen LogP contribution in [0.2, 0.25) is 0 Å². The van der Waals surface area contributed by atoms with Crippen LogP contribution < -0.4 is 9.04 Å². The molecule has 0 amide bonds. The van der Waals surface area contributed by atoms with Gasteiger partial charge in [0.2, 0.25) is 0 Å². The number of ether oxygens (including phenoxy) is 1. The largest absolute Gasteiger partial charge is 0.482 e. The summed E-state index contributed by atoms with van der Waals surface area (Å²) in [4.78, 5) is 15.3. The van der Waals surface area contributed by atoms with Crippen LogP contribution in [0.25, 0.3) is 11.3 Å². The van der Waals surface area contributed by atoms with Gasteiger partial charge >= 0.3 is 5.97 Å². The first-order valence-electron chi connectivity index (χ1n) is 10.0. The van der Waals surface area contributed by atoms with Crippen molar-refractivity contribution in [2.45, 2.75) is 25.3 Å². The molecule has 1 aliphatic carbocycles. The molecular weight excluding hydrogens is 435 g/mol. The second-order valence-electron chi connectivity index (χ2n) is 7.38. The molecule has 0 spiro atoms. The lowest BCUT2D eigenvalue weighted by Gasteiger charge is -2.34. The second-order valence-corrected chi connectivity index (χ2v) is 8.24. The Labute approximate surface area is 186 Å². The van der Waals surface area contributed by atoms with E-state index in [1.165, 1.54) is 22.6 Å².